The molecule has 9 heteroatoms. The van der Waals surface area contributed by atoms with Crippen LogP contribution in [0.3, 0.4) is 0 Å². The monoisotopic (exact) mass is 446 g/mol. The lowest BCUT2D eigenvalue weighted by Gasteiger charge is -2.37. The van der Waals surface area contributed by atoms with E-state index in [1.165, 1.54) is 11.3 Å². The third-order valence-electron chi connectivity index (χ3n) is 5.49. The summed E-state index contributed by atoms with van der Waals surface area (Å²) in [5.74, 6) is 1.24. The number of urea groups is 1. The third kappa shape index (κ3) is 4.76. The number of nitrogens with zero attached hydrogens (tertiary/aromatic N) is 4. The highest BCUT2D eigenvalue weighted by Gasteiger charge is 2.28. The van der Waals surface area contributed by atoms with E-state index in [4.69, 9.17) is 9.47 Å². The predicted octanol–water partition coefficient (Wildman–Crippen LogP) is 3.36. The summed E-state index contributed by atoms with van der Waals surface area (Å²) in [6.45, 7) is 9.31. The van der Waals surface area contributed by atoms with Crippen LogP contribution in [0, 0.1) is 6.92 Å². The highest BCUT2D eigenvalue weighted by molar-refractivity contribution is 7.17. The number of ether oxygens (including phenoxy) is 2. The zero-order chi connectivity index (χ0) is 22.5. The third-order valence-corrected chi connectivity index (χ3v) is 6.69. The second-order valence-corrected chi connectivity index (χ2v) is 8.24. The van der Waals surface area contributed by atoms with Crippen LogP contribution in [0.2, 0.25) is 0 Å². The van der Waals surface area contributed by atoms with Gasteiger partial charge in [0, 0.05) is 44.8 Å². The second-order valence-electron chi connectivity index (χ2n) is 7.24. The Hall–Kier alpha value is -2.81. The number of hydrogen-bond acceptors (Lipinski definition) is 6. The van der Waals surface area contributed by atoms with Crippen molar-refractivity contribution in [3.05, 3.63) is 28.8 Å². The van der Waals surface area contributed by atoms with Gasteiger partial charge in [-0.15, -0.1) is 11.3 Å². The number of benzene rings is 1. The van der Waals surface area contributed by atoms with Gasteiger partial charge in [-0.25, -0.2) is 9.78 Å². The van der Waals surface area contributed by atoms with Crippen LogP contribution in [0.5, 0.6) is 11.5 Å². The number of methoxy groups -OCH3 is 2. The molecule has 0 spiro atoms. The van der Waals surface area contributed by atoms with Crippen molar-refractivity contribution in [1.29, 1.82) is 0 Å². The largest absolute Gasteiger partial charge is 0.493 e. The highest BCUT2D eigenvalue weighted by Crippen LogP contribution is 2.35. The number of amides is 3. The molecule has 2 heterocycles. The fourth-order valence-corrected chi connectivity index (χ4v) is 4.66. The van der Waals surface area contributed by atoms with Crippen molar-refractivity contribution in [2.45, 2.75) is 20.8 Å². The van der Waals surface area contributed by atoms with Gasteiger partial charge in [0.05, 0.1) is 19.9 Å². The quantitative estimate of drug-likeness (QED) is 0.680. The van der Waals surface area contributed by atoms with Crippen molar-refractivity contribution in [3.8, 4) is 22.1 Å². The van der Waals surface area contributed by atoms with Crippen molar-refractivity contribution < 1.29 is 19.1 Å². The molecule has 31 heavy (non-hydrogen) atoms. The first-order valence-electron chi connectivity index (χ1n) is 10.5. The van der Waals surface area contributed by atoms with Crippen LogP contribution in [0.25, 0.3) is 10.6 Å². The molecule has 3 rings (SSSR count). The van der Waals surface area contributed by atoms with E-state index >= 15 is 0 Å². The van der Waals surface area contributed by atoms with Gasteiger partial charge < -0.3 is 24.2 Å². The van der Waals surface area contributed by atoms with Crippen LogP contribution in [0.4, 0.5) is 4.79 Å². The molecule has 8 nitrogen and oxygen atoms in total. The summed E-state index contributed by atoms with van der Waals surface area (Å²) in [7, 11) is 3.19. The first-order chi connectivity index (χ1) is 14.9. The highest BCUT2D eigenvalue weighted by atomic mass is 32.1. The van der Waals surface area contributed by atoms with Gasteiger partial charge in [0.1, 0.15) is 9.88 Å². The maximum absolute atomic E-state index is 13.1. The summed E-state index contributed by atoms with van der Waals surface area (Å²) in [6.07, 6.45) is 0. The molecule has 0 unspecified atom stereocenters. The van der Waals surface area contributed by atoms with E-state index in [1.54, 1.807) is 19.1 Å². The molecule has 0 aliphatic carbocycles. The van der Waals surface area contributed by atoms with Gasteiger partial charge in [-0.3, -0.25) is 4.79 Å². The lowest BCUT2D eigenvalue weighted by atomic mass is 10.2. The van der Waals surface area contributed by atoms with Crippen molar-refractivity contribution in [2.75, 3.05) is 53.5 Å². The predicted molar refractivity (Wildman–Crippen MR) is 121 cm³/mol. The summed E-state index contributed by atoms with van der Waals surface area (Å²) >= 11 is 1.38. The number of aromatic nitrogens is 1. The molecule has 1 saturated heterocycles. The summed E-state index contributed by atoms with van der Waals surface area (Å²) < 4.78 is 10.7. The summed E-state index contributed by atoms with van der Waals surface area (Å²) in [5.41, 5.74) is 1.58. The van der Waals surface area contributed by atoms with E-state index in [2.05, 4.69) is 4.98 Å². The van der Waals surface area contributed by atoms with Crippen LogP contribution in [0.15, 0.2) is 18.2 Å². The van der Waals surface area contributed by atoms with Gasteiger partial charge in [0.25, 0.3) is 5.91 Å². The molecule has 0 atom stereocenters. The van der Waals surface area contributed by atoms with E-state index in [0.29, 0.717) is 61.3 Å². The Morgan fingerprint density at radius 2 is 1.65 bits per heavy atom. The first kappa shape index (κ1) is 22.9. The summed E-state index contributed by atoms with van der Waals surface area (Å²) in [6, 6.07) is 5.65. The molecule has 1 aromatic carbocycles. The maximum Gasteiger partial charge on any atom is 0.320 e. The van der Waals surface area contributed by atoms with E-state index in [1.807, 2.05) is 48.8 Å². The standard InChI is InChI=1S/C22H30N4O4S/c1-6-24(7-2)22(28)26-12-10-25(11-13-26)21(27)19-15(3)23-20(31-19)16-8-9-17(29-4)18(14-16)30-5/h8-9,14H,6-7,10-13H2,1-5H3. The molecular formula is C22H30N4O4S. The van der Waals surface area contributed by atoms with Crippen LogP contribution in [-0.2, 0) is 0 Å². The molecule has 0 saturated carbocycles. The average molecular weight is 447 g/mol. The average Bonchev–Trinajstić information content (AvgIpc) is 3.20. The number of aryl methyl sites for hydroxylation is 1. The van der Waals surface area contributed by atoms with E-state index in [0.717, 1.165) is 10.6 Å². The Balaban J connectivity index is 1.71. The van der Waals surface area contributed by atoms with Gasteiger partial charge in [-0.1, -0.05) is 0 Å². The molecule has 0 bridgehead atoms. The van der Waals surface area contributed by atoms with E-state index in [-0.39, 0.29) is 11.9 Å². The Bertz CT molecular complexity index is 934. The van der Waals surface area contributed by atoms with Crippen LogP contribution in [-0.4, -0.2) is 85.1 Å². The van der Waals surface area contributed by atoms with Crippen LogP contribution < -0.4 is 9.47 Å². The van der Waals surface area contributed by atoms with Crippen molar-refractivity contribution in [1.82, 2.24) is 19.7 Å². The Morgan fingerprint density at radius 1 is 1.03 bits per heavy atom. The minimum absolute atomic E-state index is 0.0309. The number of carbonyl (C=O) groups is 2. The number of thiazole rings is 1. The SMILES string of the molecule is CCN(CC)C(=O)N1CCN(C(=O)c2sc(-c3ccc(OC)c(OC)c3)nc2C)CC1. The van der Waals surface area contributed by atoms with Crippen molar-refractivity contribution in [3.63, 3.8) is 0 Å². The maximum atomic E-state index is 13.1. The summed E-state index contributed by atoms with van der Waals surface area (Å²) in [5, 5.41) is 0.761. The van der Waals surface area contributed by atoms with Gasteiger partial charge in [-0.05, 0) is 39.0 Å². The van der Waals surface area contributed by atoms with Gasteiger partial charge in [-0.2, -0.15) is 0 Å². The van der Waals surface area contributed by atoms with Gasteiger partial charge in [0.2, 0.25) is 0 Å². The second kappa shape index (κ2) is 10.00. The van der Waals surface area contributed by atoms with Crippen LogP contribution >= 0.6 is 11.3 Å². The number of rotatable bonds is 6. The van der Waals surface area contributed by atoms with Crippen LogP contribution in [0.1, 0.15) is 29.2 Å². The fraction of sp³-hybridized carbons (Fsp3) is 0.500. The molecule has 1 aliphatic heterocycles. The fourth-order valence-electron chi connectivity index (χ4n) is 3.63. The minimum atomic E-state index is -0.0309. The molecule has 1 fully saturated rings. The Kier molecular flexibility index (Phi) is 7.37. The smallest absolute Gasteiger partial charge is 0.320 e. The number of carbonyl (C=O) groups excluding carboxylic acids is 2. The van der Waals surface area contributed by atoms with Crippen molar-refractivity contribution in [2.24, 2.45) is 0 Å². The zero-order valence-electron chi connectivity index (χ0n) is 18.8. The molecule has 168 valence electrons. The molecule has 2 aromatic rings. The molecule has 3 amide bonds. The van der Waals surface area contributed by atoms with Gasteiger partial charge in [0.15, 0.2) is 11.5 Å². The normalized spacial score (nSPS) is 13.8. The lowest BCUT2D eigenvalue weighted by molar-refractivity contribution is 0.0645. The minimum Gasteiger partial charge on any atom is -0.493 e. The lowest BCUT2D eigenvalue weighted by Crippen LogP contribution is -2.54. The molecule has 0 N–H and O–H groups in total. The topological polar surface area (TPSA) is 75.2 Å². The Morgan fingerprint density at radius 3 is 2.23 bits per heavy atom. The van der Waals surface area contributed by atoms with Gasteiger partial charge >= 0.3 is 6.03 Å². The molecule has 1 aliphatic rings. The number of hydrogen-bond donors (Lipinski definition) is 0. The zero-order valence-corrected chi connectivity index (χ0v) is 19.6. The Labute approximate surface area is 187 Å². The molecule has 0 radical (unpaired) electrons. The molecule has 1 aromatic heterocycles. The summed E-state index contributed by atoms with van der Waals surface area (Å²) in [4.78, 5) is 36.4. The number of piperazine rings is 1. The van der Waals surface area contributed by atoms with E-state index in [9.17, 15) is 9.59 Å². The van der Waals surface area contributed by atoms with Crippen molar-refractivity contribution >= 4 is 23.3 Å². The van der Waals surface area contributed by atoms with E-state index < -0.39 is 0 Å². The first-order valence-corrected chi connectivity index (χ1v) is 11.3. The molecular weight excluding hydrogens is 416 g/mol.